The summed E-state index contributed by atoms with van der Waals surface area (Å²) in [5.41, 5.74) is 0.834. The number of carboxylic acids is 1. The molecule has 8 heteroatoms. The van der Waals surface area contributed by atoms with Crippen LogP contribution in [-0.4, -0.2) is 46.2 Å². The molecule has 8 nitrogen and oxygen atoms in total. The second-order valence-corrected chi connectivity index (χ2v) is 5.95. The van der Waals surface area contributed by atoms with Gasteiger partial charge in [-0.15, -0.1) is 0 Å². The van der Waals surface area contributed by atoms with E-state index in [2.05, 4.69) is 0 Å². The van der Waals surface area contributed by atoms with Crippen LogP contribution in [0.15, 0.2) is 36.4 Å². The van der Waals surface area contributed by atoms with Crippen LogP contribution in [-0.2, 0) is 14.3 Å². The fourth-order valence-corrected chi connectivity index (χ4v) is 3.08. The quantitative estimate of drug-likeness (QED) is 0.628. The summed E-state index contributed by atoms with van der Waals surface area (Å²) in [7, 11) is 1.73. The van der Waals surface area contributed by atoms with Gasteiger partial charge in [-0.2, -0.15) is 4.57 Å². The van der Waals surface area contributed by atoms with Gasteiger partial charge >= 0.3 is 6.23 Å². The van der Waals surface area contributed by atoms with Gasteiger partial charge in [-0.25, -0.2) is 0 Å². The largest absolute Gasteiger partial charge is 0.542 e. The molecule has 0 saturated carbocycles. The molecule has 1 fully saturated rings. The first-order valence-corrected chi connectivity index (χ1v) is 7.61. The number of aliphatic hydroxyl groups is 2. The van der Waals surface area contributed by atoms with Gasteiger partial charge in [0.1, 0.15) is 17.8 Å². The topological polar surface area (TPSA) is 114 Å². The standard InChI is InChI=1S/C16H18N2O6/c1-17-10(4-5-13(17)20)9-3-2-6-18(8-9)15-14(21)11(19)7-12(24-15)16(22)23/h2-3,6-8,10-11,14-15,19,21H,4-5H2,1H3/t10-,11+,14-,15-/m1/s1. The van der Waals surface area contributed by atoms with Crippen LogP contribution in [0.4, 0.5) is 0 Å². The zero-order valence-electron chi connectivity index (χ0n) is 13.0. The van der Waals surface area contributed by atoms with Crippen molar-refractivity contribution < 1.29 is 34.2 Å². The Labute approximate surface area is 138 Å². The summed E-state index contributed by atoms with van der Waals surface area (Å²) in [5.74, 6) is -2.03. The number of rotatable bonds is 3. The van der Waals surface area contributed by atoms with Crippen LogP contribution in [0.1, 0.15) is 30.7 Å². The number of aliphatic hydroxyl groups excluding tert-OH is 2. The number of likely N-dealkylation sites (tertiary alicyclic amines) is 1. The molecule has 0 bridgehead atoms. The van der Waals surface area contributed by atoms with Crippen LogP contribution < -0.4 is 9.67 Å². The van der Waals surface area contributed by atoms with Crippen LogP contribution in [0.2, 0.25) is 0 Å². The average Bonchev–Trinajstić information content (AvgIpc) is 2.89. The molecule has 0 radical (unpaired) electrons. The summed E-state index contributed by atoms with van der Waals surface area (Å²) in [6.45, 7) is 0. The van der Waals surface area contributed by atoms with Crippen molar-refractivity contribution in [3.8, 4) is 0 Å². The minimum Gasteiger partial charge on any atom is -0.542 e. The van der Waals surface area contributed by atoms with Gasteiger partial charge in [0.05, 0.1) is 6.04 Å². The van der Waals surface area contributed by atoms with E-state index in [1.165, 1.54) is 4.57 Å². The van der Waals surface area contributed by atoms with Gasteiger partial charge < -0.3 is 29.8 Å². The van der Waals surface area contributed by atoms with Gasteiger partial charge in [0.25, 0.3) is 0 Å². The summed E-state index contributed by atoms with van der Waals surface area (Å²) in [4.78, 5) is 24.3. The summed E-state index contributed by atoms with van der Waals surface area (Å²) < 4.78 is 6.74. The molecular weight excluding hydrogens is 316 g/mol. The third kappa shape index (κ3) is 2.85. The summed E-state index contributed by atoms with van der Waals surface area (Å²) in [5, 5.41) is 30.9. The minimum atomic E-state index is -1.57. The Hall–Kier alpha value is -2.45. The maximum absolute atomic E-state index is 11.7. The lowest BCUT2D eigenvalue weighted by Gasteiger charge is -2.28. The Morgan fingerprint density at radius 2 is 2.21 bits per heavy atom. The first-order valence-electron chi connectivity index (χ1n) is 7.61. The van der Waals surface area contributed by atoms with Crippen molar-refractivity contribution in [1.82, 2.24) is 4.90 Å². The van der Waals surface area contributed by atoms with Gasteiger partial charge in [-0.05, 0) is 18.6 Å². The first kappa shape index (κ1) is 16.4. The highest BCUT2D eigenvalue weighted by atomic mass is 16.5. The molecule has 4 atom stereocenters. The van der Waals surface area contributed by atoms with Crippen LogP contribution >= 0.6 is 0 Å². The van der Waals surface area contributed by atoms with E-state index in [1.807, 2.05) is 6.07 Å². The van der Waals surface area contributed by atoms with Crippen LogP contribution in [0.5, 0.6) is 0 Å². The van der Waals surface area contributed by atoms with E-state index in [-0.39, 0.29) is 11.9 Å². The molecule has 128 valence electrons. The predicted octanol–water partition coefficient (Wildman–Crippen LogP) is -1.85. The summed E-state index contributed by atoms with van der Waals surface area (Å²) >= 11 is 0. The molecule has 0 unspecified atom stereocenters. The van der Waals surface area contributed by atoms with Crippen molar-refractivity contribution >= 4 is 11.9 Å². The Morgan fingerprint density at radius 3 is 2.83 bits per heavy atom. The van der Waals surface area contributed by atoms with Gasteiger partial charge in [-0.3, -0.25) is 4.79 Å². The lowest BCUT2D eigenvalue weighted by molar-refractivity contribution is -0.769. The van der Waals surface area contributed by atoms with E-state index >= 15 is 0 Å². The maximum Gasteiger partial charge on any atom is 0.331 e. The zero-order valence-corrected chi connectivity index (χ0v) is 13.0. The number of carboxylic acid groups (broad SMARTS) is 1. The van der Waals surface area contributed by atoms with Crippen LogP contribution in [0, 0.1) is 0 Å². The molecule has 0 aliphatic carbocycles. The number of aliphatic carboxylic acids is 1. The molecular formula is C16H18N2O6. The summed E-state index contributed by atoms with van der Waals surface area (Å²) in [6, 6.07) is 3.47. The fraction of sp³-hybridized carbons (Fsp3) is 0.438. The molecule has 1 aromatic heterocycles. The number of amides is 1. The molecule has 3 heterocycles. The van der Waals surface area contributed by atoms with Crippen molar-refractivity contribution in [3.63, 3.8) is 0 Å². The molecule has 0 aromatic carbocycles. The maximum atomic E-state index is 11.7. The van der Waals surface area contributed by atoms with Crippen molar-refractivity contribution in [3.05, 3.63) is 41.9 Å². The molecule has 0 spiro atoms. The molecule has 24 heavy (non-hydrogen) atoms. The highest BCUT2D eigenvalue weighted by molar-refractivity contribution is 5.82. The van der Waals surface area contributed by atoms with Gasteiger partial charge in [0, 0.05) is 25.1 Å². The van der Waals surface area contributed by atoms with E-state index in [0.717, 1.165) is 11.6 Å². The fourth-order valence-electron chi connectivity index (χ4n) is 3.08. The average molecular weight is 334 g/mol. The highest BCUT2D eigenvalue weighted by Gasteiger charge is 2.40. The molecule has 2 aliphatic heterocycles. The number of ether oxygens (including phenoxy) is 1. The number of carbonyl (C=O) groups excluding carboxylic acids is 2. The smallest absolute Gasteiger partial charge is 0.331 e. The number of carbonyl (C=O) groups is 2. The second-order valence-electron chi connectivity index (χ2n) is 5.95. The number of hydrogen-bond donors (Lipinski definition) is 2. The zero-order chi connectivity index (χ0) is 17.4. The Kier molecular flexibility index (Phi) is 4.25. The van der Waals surface area contributed by atoms with E-state index in [0.29, 0.717) is 12.8 Å². The summed E-state index contributed by atoms with van der Waals surface area (Å²) in [6.07, 6.45) is 1.50. The minimum absolute atomic E-state index is 0.0574. The van der Waals surface area contributed by atoms with E-state index < -0.39 is 30.2 Å². The van der Waals surface area contributed by atoms with E-state index in [9.17, 15) is 24.9 Å². The predicted molar refractivity (Wildman–Crippen MR) is 76.6 cm³/mol. The lowest BCUT2D eigenvalue weighted by atomic mass is 10.1. The first-order chi connectivity index (χ1) is 11.4. The molecule has 1 amide bonds. The van der Waals surface area contributed by atoms with Gasteiger partial charge in [0.15, 0.2) is 18.5 Å². The number of aromatic nitrogens is 1. The Bertz CT molecular complexity index is 704. The number of pyridine rings is 1. The van der Waals surface area contributed by atoms with Crippen LogP contribution in [0.3, 0.4) is 0 Å². The lowest BCUT2D eigenvalue weighted by Crippen LogP contribution is -2.53. The molecule has 3 rings (SSSR count). The van der Waals surface area contributed by atoms with Gasteiger partial charge in [0.2, 0.25) is 5.91 Å². The second kappa shape index (κ2) is 6.21. The normalized spacial score (nSPS) is 30.0. The molecule has 2 N–H and O–H groups in total. The third-order valence-corrected chi connectivity index (χ3v) is 4.43. The van der Waals surface area contributed by atoms with Crippen molar-refractivity contribution in [2.45, 2.75) is 37.3 Å². The SMILES string of the molecule is CN1C(=O)CC[C@@H]1c1ccc[n+]([C@@H]2OC(C(=O)[O-])=C[C@H](O)[C@H]2O)c1. The highest BCUT2D eigenvalue weighted by Crippen LogP contribution is 2.31. The number of nitrogens with zero attached hydrogens (tertiary/aromatic N) is 2. The van der Waals surface area contributed by atoms with Crippen LogP contribution in [0.25, 0.3) is 0 Å². The number of hydrogen-bond acceptors (Lipinski definition) is 6. The van der Waals surface area contributed by atoms with Crippen molar-refractivity contribution in [2.75, 3.05) is 7.05 Å². The van der Waals surface area contributed by atoms with E-state index in [1.54, 1.807) is 30.4 Å². The molecule has 2 aliphatic rings. The third-order valence-electron chi connectivity index (χ3n) is 4.43. The van der Waals surface area contributed by atoms with Crippen molar-refractivity contribution in [2.24, 2.45) is 0 Å². The van der Waals surface area contributed by atoms with Gasteiger partial charge in [-0.1, -0.05) is 0 Å². The Balaban J connectivity index is 1.90. The monoisotopic (exact) mass is 334 g/mol. The van der Waals surface area contributed by atoms with Crippen molar-refractivity contribution in [1.29, 1.82) is 0 Å². The Morgan fingerprint density at radius 1 is 1.46 bits per heavy atom. The molecule has 1 aromatic rings. The van der Waals surface area contributed by atoms with E-state index in [4.69, 9.17) is 4.74 Å². The molecule has 1 saturated heterocycles.